The molecule has 0 aliphatic carbocycles. The number of allylic oxidation sites excluding steroid dienone is 3. The maximum absolute atomic E-state index is 13.1. The Labute approximate surface area is 235 Å². The Hall–Kier alpha value is -1.58. The number of ketones is 1. The third kappa shape index (κ3) is 9.49. The van der Waals surface area contributed by atoms with E-state index in [0.29, 0.717) is 25.7 Å². The van der Waals surface area contributed by atoms with Gasteiger partial charge in [0.2, 0.25) is 0 Å². The van der Waals surface area contributed by atoms with Crippen LogP contribution in [0.15, 0.2) is 23.8 Å². The zero-order chi connectivity index (χ0) is 29.4. The number of nitrogens with zero attached hydrogens (tertiary/aromatic N) is 1. The highest BCUT2D eigenvalue weighted by Gasteiger charge is 2.43. The predicted octanol–water partition coefficient (Wildman–Crippen LogP) is 4.28. The molecule has 2 aliphatic rings. The minimum Gasteiger partial charge on any atom is -0.462 e. The molecule has 1 saturated heterocycles. The molecule has 2 heterocycles. The van der Waals surface area contributed by atoms with E-state index < -0.39 is 36.5 Å². The topological polar surface area (TPSA) is 106 Å². The largest absolute Gasteiger partial charge is 0.462 e. The molecule has 2 N–H and O–H groups in total. The molecule has 8 nitrogen and oxygen atoms in total. The fraction of sp³-hybridized carbons (Fsp3) is 0.806. The van der Waals surface area contributed by atoms with Crippen molar-refractivity contribution in [3.63, 3.8) is 0 Å². The Morgan fingerprint density at radius 2 is 1.69 bits per heavy atom. The van der Waals surface area contributed by atoms with E-state index >= 15 is 0 Å². The number of hydrogen-bond donors (Lipinski definition) is 2. The number of hydrogen-bond acceptors (Lipinski definition) is 8. The summed E-state index contributed by atoms with van der Waals surface area (Å²) in [7, 11) is 3.84. The molecule has 1 fully saturated rings. The number of cyclic esters (lactones) is 1. The van der Waals surface area contributed by atoms with E-state index in [4.69, 9.17) is 14.2 Å². The van der Waals surface area contributed by atoms with Crippen LogP contribution in [-0.2, 0) is 23.8 Å². The van der Waals surface area contributed by atoms with E-state index in [1.165, 1.54) is 0 Å². The number of carbonyl (C=O) groups is 2. The van der Waals surface area contributed by atoms with E-state index in [1.807, 2.05) is 79.6 Å². The summed E-state index contributed by atoms with van der Waals surface area (Å²) in [6.07, 6.45) is 4.02. The Morgan fingerprint density at radius 3 is 2.28 bits per heavy atom. The normalized spacial score (nSPS) is 42.1. The maximum atomic E-state index is 13.1. The van der Waals surface area contributed by atoms with Crippen molar-refractivity contribution in [3.05, 3.63) is 23.8 Å². The van der Waals surface area contributed by atoms with Crippen molar-refractivity contribution >= 4 is 11.8 Å². The van der Waals surface area contributed by atoms with Gasteiger partial charge in [-0.3, -0.25) is 9.59 Å². The Balaban J connectivity index is 2.43. The van der Waals surface area contributed by atoms with E-state index in [-0.39, 0.29) is 48.2 Å². The first-order valence-electron chi connectivity index (χ1n) is 14.7. The van der Waals surface area contributed by atoms with Crippen molar-refractivity contribution in [2.24, 2.45) is 23.7 Å². The lowest BCUT2D eigenvalue weighted by Gasteiger charge is -2.44. The molecule has 0 radical (unpaired) electrons. The average molecular weight is 552 g/mol. The van der Waals surface area contributed by atoms with Gasteiger partial charge in [-0.15, -0.1) is 0 Å². The van der Waals surface area contributed by atoms with Gasteiger partial charge >= 0.3 is 5.97 Å². The summed E-state index contributed by atoms with van der Waals surface area (Å²) >= 11 is 0. The summed E-state index contributed by atoms with van der Waals surface area (Å²) < 4.78 is 18.4. The molecular formula is C31H53NO7. The highest BCUT2D eigenvalue weighted by molar-refractivity contribution is 5.91. The van der Waals surface area contributed by atoms with Crippen LogP contribution in [0.25, 0.3) is 0 Å². The van der Waals surface area contributed by atoms with Gasteiger partial charge in [0.05, 0.1) is 24.7 Å². The molecule has 4 unspecified atom stereocenters. The molecule has 2 rings (SSSR count). The molecule has 0 amide bonds. The van der Waals surface area contributed by atoms with Crippen LogP contribution in [0.4, 0.5) is 0 Å². The zero-order valence-corrected chi connectivity index (χ0v) is 25.5. The van der Waals surface area contributed by atoms with Crippen LogP contribution >= 0.6 is 0 Å². The lowest BCUT2D eigenvalue weighted by Crippen LogP contribution is -2.56. The van der Waals surface area contributed by atoms with Crippen molar-refractivity contribution in [1.82, 2.24) is 4.90 Å². The van der Waals surface area contributed by atoms with Gasteiger partial charge in [-0.05, 0) is 59.2 Å². The molecule has 0 aromatic heterocycles. The number of aliphatic hydroxyl groups excluding tert-OH is 2. The number of rotatable bonds is 5. The van der Waals surface area contributed by atoms with Crippen molar-refractivity contribution < 1.29 is 34.0 Å². The Bertz CT molecular complexity index is 856. The van der Waals surface area contributed by atoms with Crippen LogP contribution in [0.3, 0.4) is 0 Å². The van der Waals surface area contributed by atoms with Gasteiger partial charge < -0.3 is 29.3 Å². The lowest BCUT2D eigenvalue weighted by atomic mass is 9.80. The summed E-state index contributed by atoms with van der Waals surface area (Å²) in [5, 5.41) is 22.4. The van der Waals surface area contributed by atoms with E-state index in [1.54, 1.807) is 6.08 Å². The van der Waals surface area contributed by atoms with Crippen molar-refractivity contribution in [2.45, 2.75) is 123 Å². The van der Waals surface area contributed by atoms with Gasteiger partial charge in [-0.1, -0.05) is 58.8 Å². The summed E-state index contributed by atoms with van der Waals surface area (Å²) in [6, 6.07) is -0.143. The van der Waals surface area contributed by atoms with Crippen molar-refractivity contribution in [2.75, 3.05) is 14.1 Å². The molecule has 2 aliphatic heterocycles. The Kier molecular flexibility index (Phi) is 13.3. The molecule has 39 heavy (non-hydrogen) atoms. The van der Waals surface area contributed by atoms with Crippen LogP contribution in [0.1, 0.15) is 80.6 Å². The third-order valence-corrected chi connectivity index (χ3v) is 8.51. The van der Waals surface area contributed by atoms with Gasteiger partial charge in [0.25, 0.3) is 0 Å². The second kappa shape index (κ2) is 15.4. The monoisotopic (exact) mass is 551 g/mol. The van der Waals surface area contributed by atoms with Crippen LogP contribution in [-0.4, -0.2) is 83.8 Å². The van der Waals surface area contributed by atoms with Gasteiger partial charge in [-0.2, -0.15) is 0 Å². The molecule has 224 valence electrons. The fourth-order valence-corrected chi connectivity index (χ4v) is 5.89. The van der Waals surface area contributed by atoms with E-state index in [2.05, 4.69) is 0 Å². The van der Waals surface area contributed by atoms with Crippen molar-refractivity contribution in [3.8, 4) is 0 Å². The second-order valence-corrected chi connectivity index (χ2v) is 12.1. The molecule has 0 aromatic carbocycles. The van der Waals surface area contributed by atoms with Gasteiger partial charge in [0.15, 0.2) is 12.1 Å². The molecule has 8 heteroatoms. The van der Waals surface area contributed by atoms with Crippen LogP contribution < -0.4 is 0 Å². The van der Waals surface area contributed by atoms with E-state index in [0.717, 1.165) is 5.57 Å². The van der Waals surface area contributed by atoms with Gasteiger partial charge in [-0.25, -0.2) is 0 Å². The lowest BCUT2D eigenvalue weighted by molar-refractivity contribution is -0.283. The minimum absolute atomic E-state index is 0.0293. The molecule has 0 spiro atoms. The SMILES string of the molecule is CC[C@H]1C[C@@H](C)C(=O)/C=C/C(C)=C/[C@H](C)[C@@H](CC)OC(=O)C[C@@H](O)[C@H](C)[C@H]1OC1OC(C)CC(N(C)C)C1O. The molecular weight excluding hydrogens is 498 g/mol. The van der Waals surface area contributed by atoms with Crippen LogP contribution in [0.5, 0.6) is 0 Å². The van der Waals surface area contributed by atoms with Crippen LogP contribution in [0, 0.1) is 23.7 Å². The smallest absolute Gasteiger partial charge is 0.308 e. The van der Waals surface area contributed by atoms with Gasteiger partial charge in [0, 0.05) is 23.8 Å². The molecule has 0 saturated carbocycles. The first-order valence-corrected chi connectivity index (χ1v) is 14.7. The fourth-order valence-electron chi connectivity index (χ4n) is 5.89. The van der Waals surface area contributed by atoms with E-state index in [9.17, 15) is 19.8 Å². The molecule has 11 atom stereocenters. The number of esters is 1. The predicted molar refractivity (Wildman–Crippen MR) is 152 cm³/mol. The highest BCUT2D eigenvalue weighted by Crippen LogP contribution is 2.34. The quantitative estimate of drug-likeness (QED) is 0.488. The summed E-state index contributed by atoms with van der Waals surface area (Å²) in [4.78, 5) is 28.0. The zero-order valence-electron chi connectivity index (χ0n) is 25.5. The first kappa shape index (κ1) is 33.6. The highest BCUT2D eigenvalue weighted by atomic mass is 16.7. The molecule has 0 aromatic rings. The first-order chi connectivity index (χ1) is 18.3. The summed E-state index contributed by atoms with van der Waals surface area (Å²) in [5.41, 5.74) is 0.930. The summed E-state index contributed by atoms with van der Waals surface area (Å²) in [6.45, 7) is 13.6. The van der Waals surface area contributed by atoms with Crippen LogP contribution in [0.2, 0.25) is 0 Å². The number of likely N-dealkylation sites (N-methyl/N-ethyl adjacent to an activating group) is 1. The van der Waals surface area contributed by atoms with Crippen molar-refractivity contribution in [1.29, 1.82) is 0 Å². The summed E-state index contributed by atoms with van der Waals surface area (Å²) in [5.74, 6) is -1.32. The molecule has 0 bridgehead atoms. The van der Waals surface area contributed by atoms with Gasteiger partial charge in [0.1, 0.15) is 12.2 Å². The number of aliphatic hydroxyl groups is 2. The number of ether oxygens (including phenoxy) is 3. The standard InChI is InChI=1S/C31H53NO7/c1-10-23-15-19(4)25(33)13-12-18(3)14-20(5)27(11-2)38-28(35)17-26(34)22(7)30(23)39-31-29(36)24(32(8)9)16-21(6)37-31/h12-14,19-24,26-27,29-31,34,36H,10-11,15-17H2,1-9H3/b13-12+,18-14+/t19-,20+,21?,22+,23+,24?,26-,27-,29?,30-,31?/m1/s1. The Morgan fingerprint density at radius 1 is 1.03 bits per heavy atom. The second-order valence-electron chi connectivity index (χ2n) is 12.1. The maximum Gasteiger partial charge on any atom is 0.308 e. The third-order valence-electron chi connectivity index (χ3n) is 8.51. The minimum atomic E-state index is -1.02. The average Bonchev–Trinajstić information content (AvgIpc) is 2.87. The number of carbonyl (C=O) groups excluding carboxylic acids is 2.